The van der Waals surface area contributed by atoms with E-state index in [1.165, 1.54) is 23.5 Å². The van der Waals surface area contributed by atoms with E-state index in [4.69, 9.17) is 5.26 Å². The predicted molar refractivity (Wildman–Crippen MR) is 74.4 cm³/mol. The molecule has 0 radical (unpaired) electrons. The molecule has 2 rings (SSSR count). The van der Waals surface area contributed by atoms with Crippen molar-refractivity contribution in [1.29, 1.82) is 5.26 Å². The molecule has 0 aliphatic carbocycles. The lowest BCUT2D eigenvalue weighted by Gasteiger charge is -2.10. The van der Waals surface area contributed by atoms with Crippen molar-refractivity contribution < 1.29 is 17.9 Å². The van der Waals surface area contributed by atoms with Crippen LogP contribution in [0.4, 0.5) is 18.9 Å². The average Bonchev–Trinajstić information content (AvgIpc) is 2.91. The predicted octanol–water partition coefficient (Wildman–Crippen LogP) is 4.17. The van der Waals surface area contributed by atoms with Crippen molar-refractivity contribution in [2.45, 2.75) is 12.7 Å². The van der Waals surface area contributed by atoms with Crippen molar-refractivity contribution in [3.63, 3.8) is 0 Å². The Balaban J connectivity index is 1.86. The summed E-state index contributed by atoms with van der Waals surface area (Å²) in [5.74, 6) is 0.167. The fraction of sp³-hybridized carbons (Fsp3) is 0.214. The van der Waals surface area contributed by atoms with Crippen molar-refractivity contribution in [3.05, 3.63) is 46.2 Å². The van der Waals surface area contributed by atoms with Crippen LogP contribution in [-0.2, 0) is 6.54 Å². The molecule has 0 saturated carbocycles. The van der Waals surface area contributed by atoms with Gasteiger partial charge in [-0.15, -0.1) is 11.3 Å². The van der Waals surface area contributed by atoms with Gasteiger partial charge >= 0.3 is 6.18 Å². The zero-order valence-electron chi connectivity index (χ0n) is 10.8. The van der Waals surface area contributed by atoms with Gasteiger partial charge in [0, 0.05) is 17.1 Å². The molecule has 110 valence electrons. The molecule has 0 bridgehead atoms. The number of alkyl halides is 3. The molecule has 1 aromatic carbocycles. The fourth-order valence-electron chi connectivity index (χ4n) is 1.56. The second-order valence-corrected chi connectivity index (χ2v) is 5.33. The van der Waals surface area contributed by atoms with E-state index < -0.39 is 12.8 Å². The van der Waals surface area contributed by atoms with Crippen molar-refractivity contribution in [1.82, 2.24) is 0 Å². The van der Waals surface area contributed by atoms with Gasteiger partial charge in [0.2, 0.25) is 0 Å². The van der Waals surface area contributed by atoms with Gasteiger partial charge in [-0.1, -0.05) is 0 Å². The number of thiophene rings is 1. The van der Waals surface area contributed by atoms with Crippen LogP contribution in [0.15, 0.2) is 36.4 Å². The Bertz CT molecular complexity index is 629. The smallest absolute Gasteiger partial charge is 0.422 e. The standard InChI is InChI=1S/C14H11F3N2OS/c15-14(16,17)9-20-11-3-1-10(2-4-11)19-8-13-6-5-12(7-18)21-13/h1-6,19H,8-9H2. The largest absolute Gasteiger partial charge is 0.484 e. The molecule has 2 aromatic rings. The topological polar surface area (TPSA) is 45.0 Å². The van der Waals surface area contributed by atoms with Gasteiger partial charge in [0.1, 0.15) is 16.7 Å². The zero-order valence-corrected chi connectivity index (χ0v) is 11.6. The maximum atomic E-state index is 12.0. The van der Waals surface area contributed by atoms with Crippen LogP contribution in [0, 0.1) is 11.3 Å². The maximum absolute atomic E-state index is 12.0. The lowest BCUT2D eigenvalue weighted by Crippen LogP contribution is -2.19. The summed E-state index contributed by atoms with van der Waals surface area (Å²) in [5.41, 5.74) is 0.765. The number of halogens is 3. The molecule has 0 aliphatic heterocycles. The van der Waals surface area contributed by atoms with E-state index in [1.54, 1.807) is 18.2 Å². The Kier molecular flexibility index (Phi) is 4.70. The van der Waals surface area contributed by atoms with E-state index in [0.717, 1.165) is 10.6 Å². The average molecular weight is 312 g/mol. The van der Waals surface area contributed by atoms with Crippen LogP contribution in [0.2, 0.25) is 0 Å². The lowest BCUT2D eigenvalue weighted by atomic mass is 10.3. The third-order valence-electron chi connectivity index (χ3n) is 2.50. The van der Waals surface area contributed by atoms with Crippen molar-refractivity contribution in [2.24, 2.45) is 0 Å². The monoisotopic (exact) mass is 312 g/mol. The molecule has 1 N–H and O–H groups in total. The van der Waals surface area contributed by atoms with E-state index >= 15 is 0 Å². The van der Waals surface area contributed by atoms with Crippen LogP contribution in [0.5, 0.6) is 5.75 Å². The van der Waals surface area contributed by atoms with Gasteiger partial charge in [0.25, 0.3) is 0 Å². The fourth-order valence-corrected chi connectivity index (χ4v) is 2.30. The Morgan fingerprint density at radius 2 is 1.86 bits per heavy atom. The normalized spacial score (nSPS) is 11.0. The van der Waals surface area contributed by atoms with Gasteiger partial charge in [-0.2, -0.15) is 18.4 Å². The van der Waals surface area contributed by atoms with Gasteiger partial charge in [-0.25, -0.2) is 0 Å². The van der Waals surface area contributed by atoms with E-state index in [0.29, 0.717) is 11.4 Å². The molecule has 0 fully saturated rings. The van der Waals surface area contributed by atoms with Crippen LogP contribution in [0.3, 0.4) is 0 Å². The summed E-state index contributed by atoms with van der Waals surface area (Å²) in [7, 11) is 0. The van der Waals surface area contributed by atoms with Crippen molar-refractivity contribution in [3.8, 4) is 11.8 Å². The first-order valence-corrected chi connectivity index (χ1v) is 6.80. The number of anilines is 1. The Hall–Kier alpha value is -2.20. The maximum Gasteiger partial charge on any atom is 0.422 e. The van der Waals surface area contributed by atoms with Crippen molar-refractivity contribution >= 4 is 17.0 Å². The first-order valence-electron chi connectivity index (χ1n) is 5.98. The van der Waals surface area contributed by atoms with Crippen LogP contribution < -0.4 is 10.1 Å². The third kappa shape index (κ3) is 5.00. The number of nitrogens with zero attached hydrogens (tertiary/aromatic N) is 1. The molecule has 21 heavy (non-hydrogen) atoms. The molecule has 3 nitrogen and oxygen atoms in total. The first kappa shape index (κ1) is 15.2. The highest BCUT2D eigenvalue weighted by molar-refractivity contribution is 7.12. The second-order valence-electron chi connectivity index (χ2n) is 4.16. The van der Waals surface area contributed by atoms with Gasteiger partial charge in [-0.3, -0.25) is 0 Å². The molecule has 1 aromatic heterocycles. The number of nitriles is 1. The number of ether oxygens (including phenoxy) is 1. The summed E-state index contributed by atoms with van der Waals surface area (Å²) < 4.78 is 40.6. The molecular weight excluding hydrogens is 301 g/mol. The summed E-state index contributed by atoms with van der Waals surface area (Å²) in [5, 5.41) is 11.8. The Morgan fingerprint density at radius 3 is 2.43 bits per heavy atom. The van der Waals surface area contributed by atoms with Gasteiger partial charge in [-0.05, 0) is 36.4 Å². The SMILES string of the molecule is N#Cc1ccc(CNc2ccc(OCC(F)(F)F)cc2)s1. The first-order chi connectivity index (χ1) is 9.96. The van der Waals surface area contributed by atoms with E-state index in [9.17, 15) is 13.2 Å². The molecule has 1 heterocycles. The second kappa shape index (κ2) is 6.50. The van der Waals surface area contributed by atoms with Gasteiger partial charge in [0.15, 0.2) is 6.61 Å². The lowest BCUT2D eigenvalue weighted by molar-refractivity contribution is -0.153. The molecule has 0 spiro atoms. The third-order valence-corrected chi connectivity index (χ3v) is 3.49. The molecule has 7 heteroatoms. The van der Waals surface area contributed by atoms with E-state index in [2.05, 4.69) is 16.1 Å². The number of hydrogen-bond acceptors (Lipinski definition) is 4. The summed E-state index contributed by atoms with van der Waals surface area (Å²) in [6.07, 6.45) is -4.34. The Labute approximate surface area is 123 Å². The summed E-state index contributed by atoms with van der Waals surface area (Å²) >= 11 is 1.39. The van der Waals surface area contributed by atoms with Crippen LogP contribution >= 0.6 is 11.3 Å². The summed E-state index contributed by atoms with van der Waals surface area (Å²) in [4.78, 5) is 1.65. The highest BCUT2D eigenvalue weighted by Gasteiger charge is 2.28. The molecule has 0 atom stereocenters. The molecule has 0 saturated heterocycles. The molecule has 0 aliphatic rings. The summed E-state index contributed by atoms with van der Waals surface area (Å²) in [6.45, 7) is -0.749. The van der Waals surface area contributed by atoms with Crippen molar-refractivity contribution in [2.75, 3.05) is 11.9 Å². The highest BCUT2D eigenvalue weighted by atomic mass is 32.1. The van der Waals surface area contributed by atoms with Crippen LogP contribution in [-0.4, -0.2) is 12.8 Å². The number of rotatable bonds is 5. The minimum absolute atomic E-state index is 0.167. The van der Waals surface area contributed by atoms with Gasteiger partial charge in [0.05, 0.1) is 0 Å². The molecule has 0 unspecified atom stereocenters. The summed E-state index contributed by atoms with van der Waals surface area (Å²) in [6, 6.07) is 11.9. The molecular formula is C14H11F3N2OS. The Morgan fingerprint density at radius 1 is 1.14 bits per heavy atom. The number of benzene rings is 1. The number of nitrogens with one attached hydrogen (secondary N) is 1. The van der Waals surface area contributed by atoms with Gasteiger partial charge < -0.3 is 10.1 Å². The van der Waals surface area contributed by atoms with E-state index in [1.807, 2.05) is 6.07 Å². The molecule has 0 amide bonds. The quantitative estimate of drug-likeness (QED) is 0.901. The van der Waals surface area contributed by atoms with E-state index in [-0.39, 0.29) is 5.75 Å². The minimum Gasteiger partial charge on any atom is -0.484 e. The van der Waals surface area contributed by atoms with Crippen LogP contribution in [0.1, 0.15) is 9.75 Å². The highest BCUT2D eigenvalue weighted by Crippen LogP contribution is 2.21. The number of hydrogen-bond donors (Lipinski definition) is 1. The zero-order chi connectivity index (χ0) is 15.3. The minimum atomic E-state index is -4.34. The van der Waals surface area contributed by atoms with Crippen LogP contribution in [0.25, 0.3) is 0 Å².